The van der Waals surface area contributed by atoms with Gasteiger partial charge in [-0.25, -0.2) is 8.78 Å². The molecule has 0 bridgehead atoms. The van der Waals surface area contributed by atoms with Gasteiger partial charge in [-0.15, -0.1) is 0 Å². The average Bonchev–Trinajstić information content (AvgIpc) is 2.58. The normalized spacial score (nSPS) is 16.2. The smallest absolute Gasteiger partial charge is 0.268 e. The molecule has 30 heavy (non-hydrogen) atoms. The van der Waals surface area contributed by atoms with Crippen molar-refractivity contribution in [3.05, 3.63) is 47.0 Å². The van der Waals surface area contributed by atoms with E-state index in [-0.39, 0.29) is 29.7 Å². The van der Waals surface area contributed by atoms with Gasteiger partial charge in [-0.3, -0.25) is 14.5 Å². The number of nitrogens with zero attached hydrogens (tertiary/aromatic N) is 2. The minimum absolute atomic E-state index is 0.0366. The molecule has 160 valence electrons. The summed E-state index contributed by atoms with van der Waals surface area (Å²) in [5.41, 5.74) is 1.15. The number of hydrogen-bond acceptors (Lipinski definition) is 4. The molecule has 1 aromatic heterocycles. The number of fused-ring (bicyclic) bond motifs is 1. The van der Waals surface area contributed by atoms with Gasteiger partial charge in [0.2, 0.25) is 11.8 Å². The Morgan fingerprint density at radius 1 is 1.20 bits per heavy atom. The summed E-state index contributed by atoms with van der Waals surface area (Å²) in [7, 11) is 0. The van der Waals surface area contributed by atoms with Gasteiger partial charge in [-0.2, -0.15) is 4.98 Å². The number of benzene rings is 1. The van der Waals surface area contributed by atoms with Gasteiger partial charge in [0.25, 0.3) is 5.91 Å². The number of carbonyl (C=O) groups is 2. The lowest BCUT2D eigenvalue weighted by molar-refractivity contribution is -0.126. The molecule has 2 aromatic rings. The predicted molar refractivity (Wildman–Crippen MR) is 109 cm³/mol. The number of nitrogens with one attached hydrogen (secondary N) is 1. The molecule has 0 saturated heterocycles. The standard InChI is InChI=1S/C22H25F2N3O3/c1-12-6-17-20(26-19(12)25-18(28)10-22(3,4)5)30-13(2)21(29)27(17)11-14-7-15(23)9-16(24)8-14/h6-9,13H,10-11H2,1-5H3,(H,25,26,28)/t13-/m0/s1. The van der Waals surface area contributed by atoms with Crippen LogP contribution in [0.4, 0.5) is 20.3 Å². The van der Waals surface area contributed by atoms with Crippen LogP contribution in [0.25, 0.3) is 0 Å². The lowest BCUT2D eigenvalue weighted by atomic mass is 9.92. The number of rotatable bonds is 4. The number of carbonyl (C=O) groups excluding carboxylic acids is 2. The van der Waals surface area contributed by atoms with Gasteiger partial charge in [-0.1, -0.05) is 20.8 Å². The second-order valence-corrected chi connectivity index (χ2v) is 8.73. The highest BCUT2D eigenvalue weighted by Crippen LogP contribution is 2.36. The molecule has 1 aliphatic heterocycles. The Labute approximate surface area is 174 Å². The van der Waals surface area contributed by atoms with Gasteiger partial charge in [0.1, 0.15) is 23.1 Å². The maximum Gasteiger partial charge on any atom is 0.268 e. The van der Waals surface area contributed by atoms with Crippen molar-refractivity contribution in [2.45, 2.75) is 53.7 Å². The summed E-state index contributed by atoms with van der Waals surface area (Å²) in [4.78, 5) is 30.8. The van der Waals surface area contributed by atoms with Crippen LogP contribution in [0.3, 0.4) is 0 Å². The number of aromatic nitrogens is 1. The summed E-state index contributed by atoms with van der Waals surface area (Å²) in [5.74, 6) is -1.43. The second kappa shape index (κ2) is 8.01. The highest BCUT2D eigenvalue weighted by Gasteiger charge is 2.33. The molecule has 0 saturated carbocycles. The Morgan fingerprint density at radius 3 is 2.43 bits per heavy atom. The predicted octanol–water partition coefficient (Wildman–Crippen LogP) is 4.36. The fraction of sp³-hybridized carbons (Fsp3) is 0.409. The Morgan fingerprint density at radius 2 is 1.83 bits per heavy atom. The van der Waals surface area contributed by atoms with Crippen molar-refractivity contribution in [3.63, 3.8) is 0 Å². The van der Waals surface area contributed by atoms with E-state index in [1.165, 1.54) is 17.0 Å². The van der Waals surface area contributed by atoms with Crippen molar-refractivity contribution in [2.24, 2.45) is 5.41 Å². The average molecular weight is 417 g/mol. The zero-order chi connectivity index (χ0) is 22.2. The first-order chi connectivity index (χ1) is 13.9. The molecule has 6 nitrogen and oxygen atoms in total. The molecule has 1 aliphatic rings. The first-order valence-corrected chi connectivity index (χ1v) is 9.67. The van der Waals surface area contributed by atoms with Crippen LogP contribution in [-0.4, -0.2) is 22.9 Å². The van der Waals surface area contributed by atoms with Crippen LogP contribution < -0.4 is 15.0 Å². The van der Waals surface area contributed by atoms with Crippen LogP contribution >= 0.6 is 0 Å². The molecule has 2 amide bonds. The zero-order valence-corrected chi connectivity index (χ0v) is 17.7. The lowest BCUT2D eigenvalue weighted by Gasteiger charge is -2.33. The molecular formula is C22H25F2N3O3. The van der Waals surface area contributed by atoms with Crippen LogP contribution in [0, 0.1) is 24.0 Å². The molecule has 0 spiro atoms. The molecular weight excluding hydrogens is 392 g/mol. The van der Waals surface area contributed by atoms with Gasteiger partial charge in [0, 0.05) is 12.5 Å². The van der Waals surface area contributed by atoms with Gasteiger partial charge < -0.3 is 10.1 Å². The van der Waals surface area contributed by atoms with E-state index in [4.69, 9.17) is 4.74 Å². The first kappa shape index (κ1) is 21.7. The van der Waals surface area contributed by atoms with E-state index in [0.717, 1.165) is 6.07 Å². The number of pyridine rings is 1. The first-order valence-electron chi connectivity index (χ1n) is 9.67. The number of amides is 2. The summed E-state index contributed by atoms with van der Waals surface area (Å²) >= 11 is 0. The summed E-state index contributed by atoms with van der Waals surface area (Å²) in [6, 6.07) is 4.81. The Kier molecular flexibility index (Phi) is 5.78. The Hall–Kier alpha value is -3.03. The van der Waals surface area contributed by atoms with Crippen molar-refractivity contribution >= 4 is 23.3 Å². The number of anilines is 2. The maximum atomic E-state index is 13.6. The summed E-state index contributed by atoms with van der Waals surface area (Å²) in [6.07, 6.45) is -0.512. The third-order valence-corrected chi connectivity index (χ3v) is 4.56. The lowest BCUT2D eigenvalue weighted by Crippen LogP contribution is -2.44. The second-order valence-electron chi connectivity index (χ2n) is 8.73. The topological polar surface area (TPSA) is 71.5 Å². The molecule has 3 rings (SSSR count). The largest absolute Gasteiger partial charge is 0.463 e. The molecule has 1 aromatic carbocycles. The van der Waals surface area contributed by atoms with Crippen molar-refractivity contribution in [1.82, 2.24) is 4.98 Å². The molecule has 1 N–H and O–H groups in total. The van der Waals surface area contributed by atoms with Crippen molar-refractivity contribution in [3.8, 4) is 5.88 Å². The third-order valence-electron chi connectivity index (χ3n) is 4.56. The SMILES string of the molecule is Cc1cc2c(nc1NC(=O)CC(C)(C)C)O[C@@H](C)C(=O)N2Cc1cc(F)cc(F)c1. The number of aryl methyl sites for hydroxylation is 1. The third kappa shape index (κ3) is 4.93. The number of hydrogen-bond donors (Lipinski definition) is 1. The van der Waals surface area contributed by atoms with E-state index < -0.39 is 17.7 Å². The van der Waals surface area contributed by atoms with E-state index in [2.05, 4.69) is 10.3 Å². The molecule has 0 aliphatic carbocycles. The summed E-state index contributed by atoms with van der Waals surface area (Å²) in [5, 5.41) is 2.79. The van der Waals surface area contributed by atoms with Crippen LogP contribution in [0.15, 0.2) is 24.3 Å². The quantitative estimate of drug-likeness (QED) is 0.803. The van der Waals surface area contributed by atoms with Crippen molar-refractivity contribution in [1.29, 1.82) is 0 Å². The fourth-order valence-corrected chi connectivity index (χ4v) is 3.25. The molecule has 0 unspecified atom stereocenters. The van der Waals surface area contributed by atoms with Crippen molar-refractivity contribution in [2.75, 3.05) is 10.2 Å². The van der Waals surface area contributed by atoms with E-state index in [0.29, 0.717) is 29.1 Å². The minimum atomic E-state index is -0.829. The van der Waals surface area contributed by atoms with E-state index >= 15 is 0 Å². The minimum Gasteiger partial charge on any atom is -0.463 e. The van der Waals surface area contributed by atoms with Crippen LogP contribution in [0.5, 0.6) is 5.88 Å². The summed E-state index contributed by atoms with van der Waals surface area (Å²) in [6.45, 7) is 9.17. The highest BCUT2D eigenvalue weighted by molar-refractivity contribution is 6.00. The van der Waals surface area contributed by atoms with E-state index in [1.54, 1.807) is 19.9 Å². The van der Waals surface area contributed by atoms with Gasteiger partial charge in [0.15, 0.2) is 6.10 Å². The van der Waals surface area contributed by atoms with Gasteiger partial charge in [-0.05, 0) is 48.6 Å². The Bertz CT molecular complexity index is 982. The number of halogens is 2. The molecule has 8 heteroatoms. The monoisotopic (exact) mass is 417 g/mol. The fourth-order valence-electron chi connectivity index (χ4n) is 3.25. The van der Waals surface area contributed by atoms with Crippen LogP contribution in [-0.2, 0) is 16.1 Å². The van der Waals surface area contributed by atoms with E-state index in [1.807, 2.05) is 20.8 Å². The van der Waals surface area contributed by atoms with Gasteiger partial charge in [0.05, 0.1) is 6.54 Å². The van der Waals surface area contributed by atoms with E-state index in [9.17, 15) is 18.4 Å². The molecule has 2 heterocycles. The Balaban J connectivity index is 1.93. The zero-order valence-electron chi connectivity index (χ0n) is 17.7. The van der Waals surface area contributed by atoms with Crippen LogP contribution in [0.1, 0.15) is 45.2 Å². The number of ether oxygens (including phenoxy) is 1. The van der Waals surface area contributed by atoms with Gasteiger partial charge >= 0.3 is 0 Å². The maximum absolute atomic E-state index is 13.6. The summed E-state index contributed by atoms with van der Waals surface area (Å²) < 4.78 is 32.8. The van der Waals surface area contributed by atoms with Crippen LogP contribution in [0.2, 0.25) is 0 Å². The molecule has 0 radical (unpaired) electrons. The van der Waals surface area contributed by atoms with Crippen molar-refractivity contribution < 1.29 is 23.1 Å². The highest BCUT2D eigenvalue weighted by atomic mass is 19.1. The molecule has 0 fully saturated rings. The molecule has 1 atom stereocenters.